The van der Waals surface area contributed by atoms with E-state index in [1.165, 1.54) is 13.0 Å². The summed E-state index contributed by atoms with van der Waals surface area (Å²) in [7, 11) is 0. The lowest BCUT2D eigenvalue weighted by molar-refractivity contribution is -0.422. The lowest BCUT2D eigenvalue weighted by Crippen LogP contribution is -1.92. The Morgan fingerprint density at radius 1 is 1.47 bits per heavy atom. The van der Waals surface area contributed by atoms with E-state index in [-0.39, 0.29) is 5.70 Å². The summed E-state index contributed by atoms with van der Waals surface area (Å²) >= 11 is 0. The molecule has 1 aromatic heterocycles. The Kier molecular flexibility index (Phi) is 2.25. The van der Waals surface area contributed by atoms with Gasteiger partial charge in [0.05, 0.1) is 11.2 Å². The van der Waals surface area contributed by atoms with E-state index < -0.39 is 4.92 Å². The third-order valence-corrected chi connectivity index (χ3v) is 2.14. The smallest absolute Gasteiger partial charge is 0.243 e. The van der Waals surface area contributed by atoms with Crippen molar-refractivity contribution in [2.24, 2.45) is 0 Å². The minimum Gasteiger partial charge on any atom is -0.464 e. The molecular weight excluding hydrogens is 194 g/mol. The maximum atomic E-state index is 10.4. The number of benzene rings is 1. The van der Waals surface area contributed by atoms with E-state index in [4.69, 9.17) is 4.42 Å². The van der Waals surface area contributed by atoms with Gasteiger partial charge in [0.2, 0.25) is 5.70 Å². The van der Waals surface area contributed by atoms with Crippen LogP contribution in [0.15, 0.2) is 40.6 Å². The molecule has 4 nitrogen and oxygen atoms in total. The van der Waals surface area contributed by atoms with Crippen LogP contribution in [0.25, 0.3) is 17.0 Å². The molecule has 0 bridgehead atoms. The number of rotatable bonds is 2. The summed E-state index contributed by atoms with van der Waals surface area (Å²) in [5.74, 6) is 0. The van der Waals surface area contributed by atoms with E-state index in [1.54, 1.807) is 18.4 Å². The Hall–Kier alpha value is -2.10. The summed E-state index contributed by atoms with van der Waals surface area (Å²) in [4.78, 5) is 10.0. The number of fused-ring (bicyclic) bond motifs is 1. The fourth-order valence-electron chi connectivity index (χ4n) is 1.37. The van der Waals surface area contributed by atoms with Crippen molar-refractivity contribution in [2.75, 3.05) is 0 Å². The molecule has 2 rings (SSSR count). The molecular formula is C11H9NO3. The molecule has 0 aliphatic rings. The van der Waals surface area contributed by atoms with Gasteiger partial charge in [-0.2, -0.15) is 0 Å². The first-order valence-corrected chi connectivity index (χ1v) is 4.47. The van der Waals surface area contributed by atoms with Crippen molar-refractivity contribution in [3.63, 3.8) is 0 Å². The molecule has 0 fully saturated rings. The summed E-state index contributed by atoms with van der Waals surface area (Å²) in [6, 6.07) is 7.27. The maximum Gasteiger partial charge on any atom is 0.243 e. The quantitative estimate of drug-likeness (QED) is 0.556. The number of hydrogen-bond acceptors (Lipinski definition) is 3. The van der Waals surface area contributed by atoms with Crippen LogP contribution in [0.2, 0.25) is 0 Å². The van der Waals surface area contributed by atoms with Crippen molar-refractivity contribution in [1.29, 1.82) is 0 Å². The number of furan rings is 1. The average Bonchev–Trinajstić information content (AvgIpc) is 2.64. The first-order valence-electron chi connectivity index (χ1n) is 4.47. The summed E-state index contributed by atoms with van der Waals surface area (Å²) in [6.45, 7) is 1.47. The molecule has 0 amide bonds. The van der Waals surface area contributed by atoms with Crippen LogP contribution in [0.3, 0.4) is 0 Å². The van der Waals surface area contributed by atoms with Gasteiger partial charge in [-0.05, 0) is 23.8 Å². The van der Waals surface area contributed by atoms with Crippen LogP contribution in [0.1, 0.15) is 12.5 Å². The van der Waals surface area contributed by atoms with Crippen molar-refractivity contribution in [2.45, 2.75) is 6.92 Å². The normalized spacial score (nSPS) is 11.9. The highest BCUT2D eigenvalue weighted by Crippen LogP contribution is 2.18. The zero-order chi connectivity index (χ0) is 10.8. The summed E-state index contributed by atoms with van der Waals surface area (Å²) in [5.41, 5.74) is 1.71. The molecule has 0 saturated heterocycles. The van der Waals surface area contributed by atoms with Gasteiger partial charge in [-0.1, -0.05) is 6.07 Å². The molecule has 1 aromatic carbocycles. The topological polar surface area (TPSA) is 56.3 Å². The Labute approximate surface area is 86.0 Å². The summed E-state index contributed by atoms with van der Waals surface area (Å²) in [5, 5.41) is 11.4. The first kappa shape index (κ1) is 9.45. The van der Waals surface area contributed by atoms with Crippen LogP contribution in [-0.2, 0) is 0 Å². The van der Waals surface area contributed by atoms with Gasteiger partial charge in [-0.15, -0.1) is 0 Å². The van der Waals surface area contributed by atoms with Gasteiger partial charge in [-0.3, -0.25) is 10.1 Å². The van der Waals surface area contributed by atoms with Crippen LogP contribution in [0, 0.1) is 10.1 Å². The molecule has 0 aliphatic carbocycles. The number of allylic oxidation sites excluding steroid dienone is 1. The molecule has 0 saturated carbocycles. The number of hydrogen-bond donors (Lipinski definition) is 0. The predicted molar refractivity (Wildman–Crippen MR) is 56.9 cm³/mol. The Morgan fingerprint density at radius 2 is 2.27 bits per heavy atom. The molecule has 76 valence electrons. The summed E-state index contributed by atoms with van der Waals surface area (Å²) < 4.78 is 5.17. The maximum absolute atomic E-state index is 10.4. The van der Waals surface area contributed by atoms with Gasteiger partial charge in [0.1, 0.15) is 5.58 Å². The molecule has 0 radical (unpaired) electrons. The minimum atomic E-state index is -0.403. The van der Waals surface area contributed by atoms with Crippen molar-refractivity contribution < 1.29 is 9.34 Å². The largest absolute Gasteiger partial charge is 0.464 e. The monoisotopic (exact) mass is 203 g/mol. The SMILES string of the molecule is CC(=Cc1ccc2occc2c1)[N+](=O)[O-]. The van der Waals surface area contributed by atoms with Crippen LogP contribution < -0.4 is 0 Å². The fraction of sp³-hybridized carbons (Fsp3) is 0.0909. The van der Waals surface area contributed by atoms with Crippen LogP contribution in [0.5, 0.6) is 0 Å². The Bertz CT molecular complexity index is 540. The van der Waals surface area contributed by atoms with Crippen molar-refractivity contribution >= 4 is 17.0 Å². The molecule has 0 N–H and O–H groups in total. The highest BCUT2D eigenvalue weighted by atomic mass is 16.6. The third kappa shape index (κ3) is 1.88. The Morgan fingerprint density at radius 3 is 3.00 bits per heavy atom. The highest BCUT2D eigenvalue weighted by Gasteiger charge is 2.03. The zero-order valence-corrected chi connectivity index (χ0v) is 8.14. The number of nitro groups is 1. The molecule has 0 aliphatic heterocycles. The van der Waals surface area contributed by atoms with Gasteiger partial charge in [-0.25, -0.2) is 0 Å². The lowest BCUT2D eigenvalue weighted by atomic mass is 10.1. The van der Waals surface area contributed by atoms with Gasteiger partial charge in [0, 0.05) is 18.4 Å². The van der Waals surface area contributed by atoms with E-state index in [0.29, 0.717) is 0 Å². The van der Waals surface area contributed by atoms with E-state index >= 15 is 0 Å². The molecule has 1 heterocycles. The fourth-order valence-corrected chi connectivity index (χ4v) is 1.37. The van der Waals surface area contributed by atoms with Crippen LogP contribution in [-0.4, -0.2) is 4.92 Å². The van der Waals surface area contributed by atoms with Gasteiger partial charge >= 0.3 is 0 Å². The molecule has 0 unspecified atom stereocenters. The van der Waals surface area contributed by atoms with Crippen molar-refractivity contribution in [3.8, 4) is 0 Å². The predicted octanol–water partition coefficient (Wildman–Crippen LogP) is 3.07. The second-order valence-electron chi connectivity index (χ2n) is 3.26. The standard InChI is InChI=1S/C11H9NO3/c1-8(12(13)14)6-9-2-3-11-10(7-9)4-5-15-11/h2-7H,1H3. The van der Waals surface area contributed by atoms with Crippen molar-refractivity contribution in [3.05, 3.63) is 51.9 Å². The van der Waals surface area contributed by atoms with E-state index in [0.717, 1.165) is 16.5 Å². The average molecular weight is 203 g/mol. The van der Waals surface area contributed by atoms with Crippen molar-refractivity contribution in [1.82, 2.24) is 0 Å². The van der Waals surface area contributed by atoms with Gasteiger partial charge in [0.25, 0.3) is 0 Å². The highest BCUT2D eigenvalue weighted by molar-refractivity contribution is 5.80. The van der Waals surface area contributed by atoms with E-state index in [1.807, 2.05) is 12.1 Å². The van der Waals surface area contributed by atoms with E-state index in [2.05, 4.69) is 0 Å². The van der Waals surface area contributed by atoms with Gasteiger partial charge in [0.15, 0.2) is 0 Å². The molecule has 2 aromatic rings. The second-order valence-corrected chi connectivity index (χ2v) is 3.26. The molecule has 0 spiro atoms. The third-order valence-electron chi connectivity index (χ3n) is 2.14. The molecule has 4 heteroatoms. The second kappa shape index (κ2) is 3.57. The molecule has 15 heavy (non-hydrogen) atoms. The van der Waals surface area contributed by atoms with Crippen LogP contribution >= 0.6 is 0 Å². The first-order chi connectivity index (χ1) is 7.16. The minimum absolute atomic E-state index is 0.123. The lowest BCUT2D eigenvalue weighted by Gasteiger charge is -1.93. The van der Waals surface area contributed by atoms with Crippen LogP contribution in [0.4, 0.5) is 0 Å². The Balaban J connectivity index is 2.44. The summed E-state index contributed by atoms with van der Waals surface area (Å²) in [6.07, 6.45) is 3.13. The zero-order valence-electron chi connectivity index (χ0n) is 8.14. The number of nitrogens with zero attached hydrogens (tertiary/aromatic N) is 1. The van der Waals surface area contributed by atoms with E-state index in [9.17, 15) is 10.1 Å². The molecule has 0 atom stereocenters. The van der Waals surface area contributed by atoms with Gasteiger partial charge < -0.3 is 4.42 Å².